The molecular formula is C20H25N3O. The largest absolute Gasteiger partial charge is 0.383 e. The maximum atomic E-state index is 11.7. The van der Waals surface area contributed by atoms with Gasteiger partial charge in [0.2, 0.25) is 0 Å². The van der Waals surface area contributed by atoms with E-state index in [-0.39, 0.29) is 11.8 Å². The van der Waals surface area contributed by atoms with Crippen LogP contribution in [0, 0.1) is 18.8 Å². The quantitative estimate of drug-likeness (QED) is 0.943. The van der Waals surface area contributed by atoms with E-state index >= 15 is 0 Å². The van der Waals surface area contributed by atoms with Gasteiger partial charge in [-0.3, -0.25) is 14.9 Å². The van der Waals surface area contributed by atoms with Gasteiger partial charge in [0, 0.05) is 50.1 Å². The molecule has 1 N–H and O–H groups in total. The lowest BCUT2D eigenvalue weighted by molar-refractivity contribution is -0.151. The monoisotopic (exact) mass is 323 g/mol. The Morgan fingerprint density at radius 3 is 2.58 bits per heavy atom. The van der Waals surface area contributed by atoms with Crippen molar-refractivity contribution in [2.75, 3.05) is 13.1 Å². The van der Waals surface area contributed by atoms with Crippen LogP contribution in [0.2, 0.25) is 0 Å². The molecule has 2 fully saturated rings. The molecule has 4 nitrogen and oxygen atoms in total. The van der Waals surface area contributed by atoms with E-state index in [1.165, 1.54) is 12.0 Å². The molecule has 0 spiro atoms. The third-order valence-corrected chi connectivity index (χ3v) is 5.82. The summed E-state index contributed by atoms with van der Waals surface area (Å²) < 4.78 is 0. The number of pyridine rings is 2. The van der Waals surface area contributed by atoms with Gasteiger partial charge in [0.15, 0.2) is 0 Å². The van der Waals surface area contributed by atoms with Crippen LogP contribution >= 0.6 is 0 Å². The van der Waals surface area contributed by atoms with Gasteiger partial charge in [-0.25, -0.2) is 0 Å². The van der Waals surface area contributed by atoms with Crippen molar-refractivity contribution >= 4 is 0 Å². The number of likely N-dealkylation sites (tertiary alicyclic amines) is 1. The van der Waals surface area contributed by atoms with E-state index in [0.717, 1.165) is 43.7 Å². The standard InChI is InChI=1S/C20H25N3O/c1-15-5-3-10-22-19(15)20(24)17-7-2-8-18(20)14-23(13-17)12-16-6-4-9-21-11-16/h3-6,9-11,17-18,24H,2,7-8,12-14H2,1H3. The molecule has 4 heteroatoms. The van der Waals surface area contributed by atoms with Crippen LogP contribution in [-0.4, -0.2) is 33.1 Å². The van der Waals surface area contributed by atoms with Gasteiger partial charge in [0.1, 0.15) is 5.60 Å². The van der Waals surface area contributed by atoms with E-state index in [1.807, 2.05) is 30.7 Å². The number of rotatable bonds is 3. The van der Waals surface area contributed by atoms with Gasteiger partial charge in [-0.1, -0.05) is 18.6 Å². The minimum absolute atomic E-state index is 0.260. The first kappa shape index (κ1) is 15.7. The predicted molar refractivity (Wildman–Crippen MR) is 93.2 cm³/mol. The number of hydrogen-bond acceptors (Lipinski definition) is 4. The topological polar surface area (TPSA) is 49.3 Å². The molecule has 2 aliphatic rings. The molecule has 0 aromatic carbocycles. The number of hydrogen-bond donors (Lipinski definition) is 1. The molecule has 2 aromatic heterocycles. The lowest BCUT2D eigenvalue weighted by atomic mass is 9.63. The maximum Gasteiger partial charge on any atom is 0.115 e. The molecule has 126 valence electrons. The highest BCUT2D eigenvalue weighted by atomic mass is 16.3. The van der Waals surface area contributed by atoms with Crippen molar-refractivity contribution in [3.8, 4) is 0 Å². The molecule has 2 bridgehead atoms. The average molecular weight is 323 g/mol. The summed E-state index contributed by atoms with van der Waals surface area (Å²) in [5.74, 6) is 0.519. The van der Waals surface area contributed by atoms with Gasteiger partial charge in [-0.2, -0.15) is 0 Å². The third kappa shape index (κ3) is 2.64. The van der Waals surface area contributed by atoms with Gasteiger partial charge in [0.25, 0.3) is 0 Å². The summed E-state index contributed by atoms with van der Waals surface area (Å²) in [7, 11) is 0. The van der Waals surface area contributed by atoms with E-state index in [0.29, 0.717) is 0 Å². The zero-order valence-corrected chi connectivity index (χ0v) is 14.2. The molecule has 2 unspecified atom stereocenters. The highest BCUT2D eigenvalue weighted by Crippen LogP contribution is 2.49. The molecule has 1 saturated carbocycles. The van der Waals surface area contributed by atoms with Crippen molar-refractivity contribution in [2.45, 2.75) is 38.3 Å². The number of piperidine rings is 1. The minimum atomic E-state index is -0.769. The summed E-state index contributed by atoms with van der Waals surface area (Å²) >= 11 is 0. The van der Waals surface area contributed by atoms with Gasteiger partial charge in [-0.15, -0.1) is 0 Å². The molecule has 4 rings (SSSR count). The lowest BCUT2D eigenvalue weighted by Gasteiger charge is -2.53. The fraction of sp³-hybridized carbons (Fsp3) is 0.500. The van der Waals surface area contributed by atoms with E-state index in [2.05, 4.69) is 33.9 Å². The fourth-order valence-electron chi connectivity index (χ4n) is 4.71. The highest BCUT2D eigenvalue weighted by Gasteiger charge is 2.52. The Morgan fingerprint density at radius 2 is 1.92 bits per heavy atom. The molecule has 1 saturated heterocycles. The second-order valence-corrected chi connectivity index (χ2v) is 7.37. The lowest BCUT2D eigenvalue weighted by Crippen LogP contribution is -2.58. The van der Waals surface area contributed by atoms with Gasteiger partial charge >= 0.3 is 0 Å². The van der Waals surface area contributed by atoms with Crippen molar-refractivity contribution in [2.24, 2.45) is 11.8 Å². The smallest absolute Gasteiger partial charge is 0.115 e. The van der Waals surface area contributed by atoms with E-state index in [4.69, 9.17) is 0 Å². The zero-order chi connectivity index (χ0) is 16.6. The van der Waals surface area contributed by atoms with Crippen molar-refractivity contribution < 1.29 is 5.11 Å². The molecule has 0 radical (unpaired) electrons. The molecule has 1 aliphatic heterocycles. The van der Waals surface area contributed by atoms with E-state index in [1.54, 1.807) is 0 Å². The van der Waals surface area contributed by atoms with Crippen LogP contribution in [0.5, 0.6) is 0 Å². The summed E-state index contributed by atoms with van der Waals surface area (Å²) in [6.07, 6.45) is 8.94. The molecule has 24 heavy (non-hydrogen) atoms. The van der Waals surface area contributed by atoms with Crippen LogP contribution in [0.15, 0.2) is 42.9 Å². The Morgan fingerprint density at radius 1 is 1.17 bits per heavy atom. The first-order valence-corrected chi connectivity index (χ1v) is 8.93. The Labute approximate surface area is 143 Å². The van der Waals surface area contributed by atoms with Crippen LogP contribution in [0.4, 0.5) is 0 Å². The number of aliphatic hydroxyl groups is 1. The van der Waals surface area contributed by atoms with E-state index < -0.39 is 5.60 Å². The van der Waals surface area contributed by atoms with Crippen LogP contribution in [0.25, 0.3) is 0 Å². The predicted octanol–water partition coefficient (Wildman–Crippen LogP) is 2.90. The van der Waals surface area contributed by atoms with Crippen molar-refractivity contribution in [1.82, 2.24) is 14.9 Å². The second kappa shape index (κ2) is 6.26. The van der Waals surface area contributed by atoms with Crippen LogP contribution in [0.1, 0.15) is 36.1 Å². The Hall–Kier alpha value is -1.78. The second-order valence-electron chi connectivity index (χ2n) is 7.37. The van der Waals surface area contributed by atoms with Crippen LogP contribution < -0.4 is 0 Å². The fourth-order valence-corrected chi connectivity index (χ4v) is 4.71. The zero-order valence-electron chi connectivity index (χ0n) is 14.2. The molecule has 2 aromatic rings. The maximum absolute atomic E-state index is 11.7. The van der Waals surface area contributed by atoms with E-state index in [9.17, 15) is 5.11 Å². The van der Waals surface area contributed by atoms with Crippen molar-refractivity contribution in [1.29, 1.82) is 0 Å². The molecule has 3 heterocycles. The molecule has 0 amide bonds. The highest BCUT2D eigenvalue weighted by molar-refractivity contribution is 5.28. The Kier molecular flexibility index (Phi) is 4.10. The number of aromatic nitrogens is 2. The van der Waals surface area contributed by atoms with Gasteiger partial charge in [-0.05, 0) is 43.0 Å². The van der Waals surface area contributed by atoms with Crippen LogP contribution in [0.3, 0.4) is 0 Å². The summed E-state index contributed by atoms with van der Waals surface area (Å²) in [5, 5.41) is 11.7. The molecular weight excluding hydrogens is 298 g/mol. The summed E-state index contributed by atoms with van der Waals surface area (Å²) in [5.41, 5.74) is 2.49. The third-order valence-electron chi connectivity index (χ3n) is 5.82. The Bertz CT molecular complexity index is 689. The number of fused-ring (bicyclic) bond motifs is 2. The normalized spacial score (nSPS) is 30.2. The first-order chi connectivity index (χ1) is 11.7. The summed E-state index contributed by atoms with van der Waals surface area (Å²) in [4.78, 5) is 11.3. The number of aryl methyl sites for hydroxylation is 1. The van der Waals surface area contributed by atoms with Crippen LogP contribution in [-0.2, 0) is 12.1 Å². The minimum Gasteiger partial charge on any atom is -0.383 e. The average Bonchev–Trinajstić information content (AvgIpc) is 2.57. The summed E-state index contributed by atoms with van der Waals surface area (Å²) in [6.45, 7) is 4.84. The molecule has 1 aliphatic carbocycles. The van der Waals surface area contributed by atoms with Crippen molar-refractivity contribution in [3.05, 3.63) is 59.7 Å². The van der Waals surface area contributed by atoms with Gasteiger partial charge in [0.05, 0.1) is 5.69 Å². The molecule has 2 atom stereocenters. The Balaban J connectivity index is 1.60. The number of nitrogens with zero attached hydrogens (tertiary/aromatic N) is 3. The SMILES string of the molecule is Cc1cccnc1C1(O)C2CCCC1CN(Cc1cccnc1)C2. The van der Waals surface area contributed by atoms with Crippen molar-refractivity contribution in [3.63, 3.8) is 0 Å². The first-order valence-electron chi connectivity index (χ1n) is 8.93. The van der Waals surface area contributed by atoms with Gasteiger partial charge < -0.3 is 5.11 Å². The summed E-state index contributed by atoms with van der Waals surface area (Å²) in [6, 6.07) is 8.15.